The molecule has 0 aromatic rings. The molecule has 11 heteroatoms. The van der Waals surface area contributed by atoms with Crippen LogP contribution >= 0.6 is 0 Å². The van der Waals surface area contributed by atoms with Crippen molar-refractivity contribution >= 4 is 5.91 Å². The smallest absolute Gasteiger partial charge is 0.249 e. The lowest BCUT2D eigenvalue weighted by Crippen LogP contribution is -2.60. The summed E-state index contributed by atoms with van der Waals surface area (Å²) in [4.78, 5) is 12.9. The molecular weight excluding hydrogens is 690 g/mol. The minimum absolute atomic E-state index is 0.264. The molecule has 0 aromatic carbocycles. The van der Waals surface area contributed by atoms with Gasteiger partial charge in [-0.25, -0.2) is 0 Å². The van der Waals surface area contributed by atoms with Gasteiger partial charge in [0.2, 0.25) is 5.91 Å². The second-order valence-corrected chi connectivity index (χ2v) is 16.1. The standard InChI is InChI=1S/C43H85NO10/c1-3-5-7-8-9-10-11-12-13-14-15-16-17-18-19-20-21-22-23-24-25-26-27-28-29-31-36(47)42(52)44-34(38(48)35(46)30-6-4-2)33-53-43-41(51)40(50)39(49)37(32-45)54-43/h34-41,43,45-51H,3-33H2,1-2H3,(H,44,52). The van der Waals surface area contributed by atoms with E-state index in [1.165, 1.54) is 135 Å². The van der Waals surface area contributed by atoms with E-state index in [1.807, 2.05) is 6.92 Å². The maximum Gasteiger partial charge on any atom is 0.249 e. The van der Waals surface area contributed by atoms with Gasteiger partial charge in [0.1, 0.15) is 36.6 Å². The zero-order valence-electron chi connectivity index (χ0n) is 34.5. The Morgan fingerprint density at radius 2 is 0.981 bits per heavy atom. The third kappa shape index (κ3) is 24.0. The van der Waals surface area contributed by atoms with E-state index in [1.54, 1.807) is 0 Å². The van der Waals surface area contributed by atoms with Gasteiger partial charge in [-0.3, -0.25) is 4.79 Å². The third-order valence-electron chi connectivity index (χ3n) is 11.2. The molecule has 1 fully saturated rings. The lowest BCUT2D eigenvalue weighted by atomic mass is 9.99. The SMILES string of the molecule is CCCCCCCCCCCCCCCCCCCCCCCCCCCC(O)C(=O)NC(COC1OC(CO)C(O)C(O)C1O)C(O)C(O)CCCC. The van der Waals surface area contributed by atoms with Gasteiger partial charge in [0.15, 0.2) is 6.29 Å². The Balaban J connectivity index is 2.13. The zero-order valence-corrected chi connectivity index (χ0v) is 34.5. The van der Waals surface area contributed by atoms with Crippen LogP contribution in [0.1, 0.15) is 200 Å². The van der Waals surface area contributed by atoms with Crippen molar-refractivity contribution in [3.8, 4) is 0 Å². The van der Waals surface area contributed by atoms with Crippen molar-refractivity contribution in [1.82, 2.24) is 5.32 Å². The summed E-state index contributed by atoms with van der Waals surface area (Å²) < 4.78 is 10.9. The summed E-state index contributed by atoms with van der Waals surface area (Å²) in [5.74, 6) is -0.705. The molecule has 54 heavy (non-hydrogen) atoms. The number of carbonyl (C=O) groups excluding carboxylic acids is 1. The summed E-state index contributed by atoms with van der Waals surface area (Å²) in [6.45, 7) is 3.17. The number of unbranched alkanes of at least 4 members (excludes halogenated alkanes) is 25. The van der Waals surface area contributed by atoms with Crippen LogP contribution in [0.25, 0.3) is 0 Å². The number of hydrogen-bond donors (Lipinski definition) is 8. The highest BCUT2D eigenvalue weighted by Gasteiger charge is 2.44. The first-order chi connectivity index (χ1) is 26.2. The molecule has 0 saturated carbocycles. The molecule has 1 aliphatic rings. The maximum absolute atomic E-state index is 12.9. The van der Waals surface area contributed by atoms with E-state index in [0.717, 1.165) is 25.7 Å². The van der Waals surface area contributed by atoms with E-state index in [0.29, 0.717) is 12.8 Å². The Morgan fingerprint density at radius 3 is 1.39 bits per heavy atom. The highest BCUT2D eigenvalue weighted by atomic mass is 16.7. The van der Waals surface area contributed by atoms with Crippen LogP contribution < -0.4 is 5.32 Å². The van der Waals surface area contributed by atoms with Crippen LogP contribution in [0.15, 0.2) is 0 Å². The fraction of sp³-hybridized carbons (Fsp3) is 0.977. The molecule has 322 valence electrons. The average molecular weight is 776 g/mol. The van der Waals surface area contributed by atoms with E-state index in [2.05, 4.69) is 12.2 Å². The molecule has 0 aromatic heterocycles. The average Bonchev–Trinajstić information content (AvgIpc) is 3.17. The van der Waals surface area contributed by atoms with Gasteiger partial charge in [-0.05, 0) is 12.8 Å². The molecule has 8 N–H and O–H groups in total. The van der Waals surface area contributed by atoms with Gasteiger partial charge in [-0.1, -0.05) is 187 Å². The fourth-order valence-electron chi connectivity index (χ4n) is 7.37. The molecule has 0 spiro atoms. The molecule has 1 saturated heterocycles. The van der Waals surface area contributed by atoms with Crippen molar-refractivity contribution in [2.24, 2.45) is 0 Å². The number of ether oxygens (including phenoxy) is 2. The molecule has 0 aliphatic carbocycles. The Labute approximate surface area is 329 Å². The minimum Gasteiger partial charge on any atom is -0.394 e. The largest absolute Gasteiger partial charge is 0.394 e. The summed E-state index contributed by atoms with van der Waals surface area (Å²) in [6.07, 6.45) is 23.3. The minimum atomic E-state index is -1.65. The number of rotatable bonds is 37. The highest BCUT2D eigenvalue weighted by Crippen LogP contribution is 2.23. The van der Waals surface area contributed by atoms with Crippen molar-refractivity contribution in [3.05, 3.63) is 0 Å². The Hall–Kier alpha value is -0.890. The maximum atomic E-state index is 12.9. The monoisotopic (exact) mass is 776 g/mol. The second kappa shape index (κ2) is 34.2. The fourth-order valence-corrected chi connectivity index (χ4v) is 7.37. The van der Waals surface area contributed by atoms with Crippen LogP contribution in [-0.2, 0) is 14.3 Å². The molecule has 1 rings (SSSR count). The van der Waals surface area contributed by atoms with Gasteiger partial charge in [0.05, 0.1) is 25.4 Å². The number of nitrogens with one attached hydrogen (secondary N) is 1. The summed E-state index contributed by atoms with van der Waals surface area (Å²) in [7, 11) is 0. The summed E-state index contributed by atoms with van der Waals surface area (Å²) in [6, 6.07) is -1.16. The van der Waals surface area contributed by atoms with Gasteiger partial charge < -0.3 is 50.5 Å². The Bertz CT molecular complexity index is 851. The van der Waals surface area contributed by atoms with Crippen molar-refractivity contribution in [2.45, 2.75) is 255 Å². The normalized spacial score (nSPS) is 22.6. The lowest BCUT2D eigenvalue weighted by Gasteiger charge is -2.40. The number of hydrogen-bond acceptors (Lipinski definition) is 10. The van der Waals surface area contributed by atoms with Gasteiger partial charge in [0.25, 0.3) is 0 Å². The zero-order chi connectivity index (χ0) is 39.8. The number of amides is 1. The first-order valence-corrected chi connectivity index (χ1v) is 22.4. The van der Waals surface area contributed by atoms with Crippen molar-refractivity contribution < 1.29 is 50.0 Å². The summed E-state index contributed by atoms with van der Waals surface area (Å²) in [5.41, 5.74) is 0. The molecule has 9 atom stereocenters. The van der Waals surface area contributed by atoms with E-state index in [9.17, 15) is 40.5 Å². The van der Waals surface area contributed by atoms with Crippen molar-refractivity contribution in [3.63, 3.8) is 0 Å². The van der Waals surface area contributed by atoms with Crippen LogP contribution in [0.3, 0.4) is 0 Å². The van der Waals surface area contributed by atoms with Gasteiger partial charge in [0, 0.05) is 0 Å². The highest BCUT2D eigenvalue weighted by molar-refractivity contribution is 5.80. The van der Waals surface area contributed by atoms with Gasteiger partial charge in [-0.2, -0.15) is 0 Å². The molecule has 1 aliphatic heterocycles. The molecular formula is C43H85NO10. The van der Waals surface area contributed by atoms with E-state index >= 15 is 0 Å². The third-order valence-corrected chi connectivity index (χ3v) is 11.2. The number of aliphatic hydroxyl groups is 7. The molecule has 1 heterocycles. The Kier molecular flexibility index (Phi) is 32.4. The van der Waals surface area contributed by atoms with E-state index in [4.69, 9.17) is 9.47 Å². The molecule has 0 bridgehead atoms. The lowest BCUT2D eigenvalue weighted by molar-refractivity contribution is -0.303. The Morgan fingerprint density at radius 1 is 0.574 bits per heavy atom. The summed E-state index contributed by atoms with van der Waals surface area (Å²) in [5, 5.41) is 74.3. The van der Waals surface area contributed by atoms with Crippen LogP contribution in [0.4, 0.5) is 0 Å². The van der Waals surface area contributed by atoms with Crippen LogP contribution in [0.2, 0.25) is 0 Å². The second-order valence-electron chi connectivity index (χ2n) is 16.1. The van der Waals surface area contributed by atoms with Gasteiger partial charge in [-0.15, -0.1) is 0 Å². The summed E-state index contributed by atoms with van der Waals surface area (Å²) >= 11 is 0. The van der Waals surface area contributed by atoms with Crippen molar-refractivity contribution in [1.29, 1.82) is 0 Å². The molecule has 0 radical (unpaired) electrons. The first kappa shape index (κ1) is 51.1. The van der Waals surface area contributed by atoms with E-state index in [-0.39, 0.29) is 12.8 Å². The van der Waals surface area contributed by atoms with Crippen molar-refractivity contribution in [2.75, 3.05) is 13.2 Å². The molecule has 1 amide bonds. The van der Waals surface area contributed by atoms with Crippen LogP contribution in [0.5, 0.6) is 0 Å². The van der Waals surface area contributed by atoms with E-state index < -0.39 is 74.2 Å². The predicted octanol–water partition coefficient (Wildman–Crippen LogP) is 6.72. The van der Waals surface area contributed by atoms with Gasteiger partial charge >= 0.3 is 0 Å². The topological polar surface area (TPSA) is 189 Å². The number of carbonyl (C=O) groups is 1. The molecule has 9 unspecified atom stereocenters. The number of aliphatic hydroxyl groups excluding tert-OH is 7. The van der Waals surface area contributed by atoms with Crippen LogP contribution in [-0.4, -0.2) is 110 Å². The predicted molar refractivity (Wildman–Crippen MR) is 215 cm³/mol. The van der Waals surface area contributed by atoms with Crippen LogP contribution in [0, 0.1) is 0 Å². The first-order valence-electron chi connectivity index (χ1n) is 22.4. The molecule has 11 nitrogen and oxygen atoms in total. The quantitative estimate of drug-likeness (QED) is 0.0315.